The molecule has 0 aromatic heterocycles. The Labute approximate surface area is 125 Å². The summed E-state index contributed by atoms with van der Waals surface area (Å²) in [7, 11) is 0. The van der Waals surface area contributed by atoms with Gasteiger partial charge < -0.3 is 5.32 Å². The first-order chi connectivity index (χ1) is 9.06. The number of hydrogen-bond acceptors (Lipinski definition) is 1. The minimum atomic E-state index is -0.195. The van der Waals surface area contributed by atoms with Gasteiger partial charge in [0.1, 0.15) is 5.82 Å². The van der Waals surface area contributed by atoms with Crippen molar-refractivity contribution in [2.75, 3.05) is 0 Å². The third-order valence-corrected chi connectivity index (χ3v) is 3.70. The maximum atomic E-state index is 13.7. The number of halogens is 3. The van der Waals surface area contributed by atoms with Gasteiger partial charge in [0.2, 0.25) is 0 Å². The van der Waals surface area contributed by atoms with Crippen molar-refractivity contribution in [1.29, 1.82) is 0 Å². The Morgan fingerprint density at radius 1 is 1.21 bits per heavy atom. The SMILES string of the molecule is CC(NCc1ccc(Cl)cc1)c1cc(Br)ccc1F. The van der Waals surface area contributed by atoms with Crippen molar-refractivity contribution in [1.82, 2.24) is 5.32 Å². The first-order valence-electron chi connectivity index (χ1n) is 5.99. The summed E-state index contributed by atoms with van der Waals surface area (Å²) in [6.45, 7) is 2.62. The van der Waals surface area contributed by atoms with E-state index in [1.165, 1.54) is 6.07 Å². The molecule has 2 aromatic carbocycles. The molecule has 0 spiro atoms. The fraction of sp³-hybridized carbons (Fsp3) is 0.200. The zero-order valence-electron chi connectivity index (χ0n) is 10.5. The summed E-state index contributed by atoms with van der Waals surface area (Å²) < 4.78 is 14.6. The van der Waals surface area contributed by atoms with Crippen LogP contribution in [0.3, 0.4) is 0 Å². The van der Waals surface area contributed by atoms with Crippen LogP contribution in [0.25, 0.3) is 0 Å². The van der Waals surface area contributed by atoms with Gasteiger partial charge in [0.05, 0.1) is 0 Å². The van der Waals surface area contributed by atoms with E-state index in [2.05, 4.69) is 21.2 Å². The maximum Gasteiger partial charge on any atom is 0.128 e. The summed E-state index contributed by atoms with van der Waals surface area (Å²) in [4.78, 5) is 0. The van der Waals surface area contributed by atoms with Gasteiger partial charge in [0.25, 0.3) is 0 Å². The van der Waals surface area contributed by atoms with Gasteiger partial charge in [-0.2, -0.15) is 0 Å². The Kier molecular flexibility index (Phi) is 4.97. The Balaban J connectivity index is 2.03. The lowest BCUT2D eigenvalue weighted by molar-refractivity contribution is 0.528. The molecule has 0 amide bonds. The van der Waals surface area contributed by atoms with Gasteiger partial charge in [-0.05, 0) is 42.8 Å². The highest BCUT2D eigenvalue weighted by molar-refractivity contribution is 9.10. The molecule has 2 rings (SSSR count). The summed E-state index contributed by atoms with van der Waals surface area (Å²) in [6.07, 6.45) is 0. The van der Waals surface area contributed by atoms with Crippen LogP contribution in [0.1, 0.15) is 24.1 Å². The molecule has 1 N–H and O–H groups in total. The predicted octanol–water partition coefficient (Wildman–Crippen LogP) is 5.09. The van der Waals surface area contributed by atoms with E-state index in [9.17, 15) is 4.39 Å². The predicted molar refractivity (Wildman–Crippen MR) is 80.8 cm³/mol. The van der Waals surface area contributed by atoms with Gasteiger partial charge in [-0.1, -0.05) is 39.7 Å². The van der Waals surface area contributed by atoms with Crippen molar-refractivity contribution in [2.24, 2.45) is 0 Å². The summed E-state index contributed by atoms with van der Waals surface area (Å²) in [5, 5.41) is 4.02. The van der Waals surface area contributed by atoms with E-state index in [-0.39, 0.29) is 11.9 Å². The van der Waals surface area contributed by atoms with Crippen LogP contribution in [0, 0.1) is 5.82 Å². The molecule has 0 heterocycles. The monoisotopic (exact) mass is 341 g/mol. The smallest absolute Gasteiger partial charge is 0.128 e. The van der Waals surface area contributed by atoms with E-state index in [0.29, 0.717) is 12.1 Å². The summed E-state index contributed by atoms with van der Waals surface area (Å²) in [5.74, 6) is -0.195. The molecule has 0 saturated carbocycles. The van der Waals surface area contributed by atoms with Gasteiger partial charge >= 0.3 is 0 Å². The number of benzene rings is 2. The van der Waals surface area contributed by atoms with Crippen LogP contribution < -0.4 is 5.32 Å². The molecular weight excluding hydrogens is 329 g/mol. The van der Waals surface area contributed by atoms with Crippen LogP contribution in [0.4, 0.5) is 4.39 Å². The Bertz CT molecular complexity index is 557. The van der Waals surface area contributed by atoms with E-state index in [1.807, 2.05) is 31.2 Å². The molecule has 0 aliphatic carbocycles. The van der Waals surface area contributed by atoms with E-state index in [1.54, 1.807) is 12.1 Å². The minimum Gasteiger partial charge on any atom is -0.306 e. The second-order valence-electron chi connectivity index (χ2n) is 4.39. The lowest BCUT2D eigenvalue weighted by atomic mass is 10.1. The van der Waals surface area contributed by atoms with Gasteiger partial charge in [-0.3, -0.25) is 0 Å². The summed E-state index contributed by atoms with van der Waals surface area (Å²) in [6, 6.07) is 12.5. The van der Waals surface area contributed by atoms with E-state index < -0.39 is 0 Å². The zero-order valence-corrected chi connectivity index (χ0v) is 12.8. The van der Waals surface area contributed by atoms with Crippen molar-refractivity contribution in [3.63, 3.8) is 0 Å². The van der Waals surface area contributed by atoms with Crippen molar-refractivity contribution in [3.05, 3.63) is 68.9 Å². The number of hydrogen-bond donors (Lipinski definition) is 1. The minimum absolute atomic E-state index is 0.0619. The topological polar surface area (TPSA) is 12.0 Å². The molecule has 1 atom stereocenters. The zero-order chi connectivity index (χ0) is 13.8. The van der Waals surface area contributed by atoms with Crippen molar-refractivity contribution in [2.45, 2.75) is 19.5 Å². The van der Waals surface area contributed by atoms with Crippen LogP contribution in [0.2, 0.25) is 5.02 Å². The summed E-state index contributed by atoms with van der Waals surface area (Å²) in [5.41, 5.74) is 1.77. The first-order valence-corrected chi connectivity index (χ1v) is 7.16. The molecule has 1 unspecified atom stereocenters. The highest BCUT2D eigenvalue weighted by Crippen LogP contribution is 2.22. The molecule has 19 heavy (non-hydrogen) atoms. The Hall–Kier alpha value is -0.900. The summed E-state index contributed by atoms with van der Waals surface area (Å²) >= 11 is 9.19. The third-order valence-electron chi connectivity index (χ3n) is 2.95. The third kappa shape index (κ3) is 4.03. The van der Waals surface area contributed by atoms with Crippen LogP contribution in [-0.4, -0.2) is 0 Å². The molecule has 2 aromatic rings. The largest absolute Gasteiger partial charge is 0.306 e. The first kappa shape index (κ1) is 14.5. The fourth-order valence-corrected chi connectivity index (χ4v) is 2.33. The molecule has 0 fully saturated rings. The Morgan fingerprint density at radius 3 is 2.58 bits per heavy atom. The quantitative estimate of drug-likeness (QED) is 0.816. The van der Waals surface area contributed by atoms with Crippen LogP contribution in [0.5, 0.6) is 0 Å². The van der Waals surface area contributed by atoms with Crippen molar-refractivity contribution >= 4 is 27.5 Å². The Morgan fingerprint density at radius 2 is 1.89 bits per heavy atom. The number of rotatable bonds is 4. The van der Waals surface area contributed by atoms with Crippen LogP contribution >= 0.6 is 27.5 Å². The van der Waals surface area contributed by atoms with E-state index in [0.717, 1.165) is 15.1 Å². The van der Waals surface area contributed by atoms with Gasteiger partial charge in [-0.25, -0.2) is 4.39 Å². The molecule has 1 nitrogen and oxygen atoms in total. The van der Waals surface area contributed by atoms with Crippen molar-refractivity contribution in [3.8, 4) is 0 Å². The average Bonchev–Trinajstić information content (AvgIpc) is 2.40. The average molecular weight is 343 g/mol. The molecule has 0 aliphatic rings. The normalized spacial score (nSPS) is 12.4. The standard InChI is InChI=1S/C15H14BrClFN/c1-10(14-8-12(16)4-7-15(14)18)19-9-11-2-5-13(17)6-3-11/h2-8,10,19H,9H2,1H3. The van der Waals surface area contributed by atoms with Gasteiger partial charge in [-0.15, -0.1) is 0 Å². The van der Waals surface area contributed by atoms with Gasteiger partial charge in [0, 0.05) is 27.6 Å². The lowest BCUT2D eigenvalue weighted by Gasteiger charge is -2.15. The highest BCUT2D eigenvalue weighted by Gasteiger charge is 2.10. The van der Waals surface area contributed by atoms with E-state index in [4.69, 9.17) is 11.6 Å². The molecule has 0 bridgehead atoms. The van der Waals surface area contributed by atoms with Crippen LogP contribution in [0.15, 0.2) is 46.9 Å². The molecule has 0 saturated heterocycles. The number of nitrogens with one attached hydrogen (secondary N) is 1. The van der Waals surface area contributed by atoms with E-state index >= 15 is 0 Å². The van der Waals surface area contributed by atoms with Crippen LogP contribution in [-0.2, 0) is 6.54 Å². The van der Waals surface area contributed by atoms with Gasteiger partial charge in [0.15, 0.2) is 0 Å². The molecular formula is C15H14BrClFN. The maximum absolute atomic E-state index is 13.7. The fourth-order valence-electron chi connectivity index (χ4n) is 1.83. The molecule has 0 aliphatic heterocycles. The molecule has 0 radical (unpaired) electrons. The second kappa shape index (κ2) is 6.51. The van der Waals surface area contributed by atoms with Crippen molar-refractivity contribution < 1.29 is 4.39 Å². The molecule has 100 valence electrons. The second-order valence-corrected chi connectivity index (χ2v) is 5.75. The highest BCUT2D eigenvalue weighted by atomic mass is 79.9. The lowest BCUT2D eigenvalue weighted by Crippen LogP contribution is -2.19. The molecule has 4 heteroatoms.